The van der Waals surface area contributed by atoms with Gasteiger partial charge < -0.3 is 10.2 Å². The third-order valence-corrected chi connectivity index (χ3v) is 4.66. The molecule has 1 aliphatic heterocycles. The molecule has 3 rings (SSSR count). The number of piperazine rings is 1. The van der Waals surface area contributed by atoms with Gasteiger partial charge >= 0.3 is 0 Å². The molecule has 1 fully saturated rings. The summed E-state index contributed by atoms with van der Waals surface area (Å²) in [6.45, 7) is 4.60. The van der Waals surface area contributed by atoms with Crippen molar-refractivity contribution < 1.29 is 4.79 Å². The average molecular weight is 360 g/mol. The van der Waals surface area contributed by atoms with Crippen LogP contribution in [0, 0.1) is 0 Å². The Morgan fingerprint density at radius 1 is 1.24 bits per heavy atom. The van der Waals surface area contributed by atoms with Gasteiger partial charge in [0, 0.05) is 37.9 Å². The fourth-order valence-corrected chi connectivity index (χ4v) is 3.20. The molecule has 1 amide bonds. The van der Waals surface area contributed by atoms with E-state index in [9.17, 15) is 4.79 Å². The SMILES string of the molecule is CCc1ccc(C2CNCCN2C(=O)CCc2ccccn2)cc1.Cl. The number of nitrogens with zero attached hydrogens (tertiary/aromatic N) is 2. The van der Waals surface area contributed by atoms with E-state index in [0.29, 0.717) is 12.8 Å². The van der Waals surface area contributed by atoms with Crippen LogP contribution in [0.15, 0.2) is 48.7 Å². The second kappa shape index (κ2) is 9.54. The molecule has 1 aliphatic rings. The zero-order valence-electron chi connectivity index (χ0n) is 14.6. The van der Waals surface area contributed by atoms with Gasteiger partial charge in [0.1, 0.15) is 0 Å². The second-order valence-corrected chi connectivity index (χ2v) is 6.22. The summed E-state index contributed by atoms with van der Waals surface area (Å²) in [7, 11) is 0. The van der Waals surface area contributed by atoms with Crippen LogP contribution in [-0.2, 0) is 17.6 Å². The number of aryl methyl sites for hydroxylation is 2. The highest BCUT2D eigenvalue weighted by atomic mass is 35.5. The molecular formula is C20H26ClN3O. The van der Waals surface area contributed by atoms with Crippen LogP contribution in [0.3, 0.4) is 0 Å². The smallest absolute Gasteiger partial charge is 0.223 e. The molecule has 0 radical (unpaired) electrons. The Labute approximate surface area is 156 Å². The zero-order valence-corrected chi connectivity index (χ0v) is 15.5. The van der Waals surface area contributed by atoms with Crippen LogP contribution in [-0.4, -0.2) is 35.4 Å². The molecule has 1 saturated heterocycles. The van der Waals surface area contributed by atoms with Crippen molar-refractivity contribution in [2.75, 3.05) is 19.6 Å². The molecule has 5 heteroatoms. The fraction of sp³-hybridized carbons (Fsp3) is 0.400. The molecule has 4 nitrogen and oxygen atoms in total. The number of amides is 1. The van der Waals surface area contributed by atoms with Gasteiger partial charge in [0.05, 0.1) is 6.04 Å². The van der Waals surface area contributed by atoms with Gasteiger partial charge in [-0.2, -0.15) is 0 Å². The Morgan fingerprint density at radius 2 is 2.04 bits per heavy atom. The molecule has 2 aromatic rings. The first-order valence-electron chi connectivity index (χ1n) is 8.77. The Hall–Kier alpha value is -1.91. The van der Waals surface area contributed by atoms with Gasteiger partial charge in [0.15, 0.2) is 0 Å². The highest BCUT2D eigenvalue weighted by Gasteiger charge is 2.27. The number of aromatic nitrogens is 1. The van der Waals surface area contributed by atoms with Crippen molar-refractivity contribution >= 4 is 18.3 Å². The van der Waals surface area contributed by atoms with Crippen molar-refractivity contribution in [1.82, 2.24) is 15.2 Å². The minimum atomic E-state index is 0. The number of carbonyl (C=O) groups is 1. The number of hydrogen-bond acceptors (Lipinski definition) is 3. The summed E-state index contributed by atoms with van der Waals surface area (Å²) < 4.78 is 0. The highest BCUT2D eigenvalue weighted by Crippen LogP contribution is 2.24. The first-order chi connectivity index (χ1) is 11.8. The predicted octanol–water partition coefficient (Wildman–Crippen LogP) is 3.17. The van der Waals surface area contributed by atoms with Crippen LogP contribution in [0.25, 0.3) is 0 Å². The summed E-state index contributed by atoms with van der Waals surface area (Å²) in [4.78, 5) is 19.1. The molecule has 1 aromatic heterocycles. The van der Waals surface area contributed by atoms with Crippen molar-refractivity contribution in [2.45, 2.75) is 32.2 Å². The van der Waals surface area contributed by atoms with Crippen molar-refractivity contribution in [2.24, 2.45) is 0 Å². The van der Waals surface area contributed by atoms with Gasteiger partial charge in [-0.1, -0.05) is 37.3 Å². The number of rotatable bonds is 5. The Kier molecular flexibility index (Phi) is 7.41. The maximum Gasteiger partial charge on any atom is 0.223 e. The van der Waals surface area contributed by atoms with Crippen molar-refractivity contribution in [3.8, 4) is 0 Å². The number of hydrogen-bond donors (Lipinski definition) is 1. The molecule has 0 bridgehead atoms. The van der Waals surface area contributed by atoms with Gasteiger partial charge in [-0.3, -0.25) is 9.78 Å². The lowest BCUT2D eigenvalue weighted by atomic mass is 10.00. The Bertz CT molecular complexity index is 660. The third-order valence-electron chi connectivity index (χ3n) is 4.66. The van der Waals surface area contributed by atoms with E-state index in [4.69, 9.17) is 0 Å². The molecule has 0 saturated carbocycles. The van der Waals surface area contributed by atoms with Crippen molar-refractivity contribution in [3.63, 3.8) is 0 Å². The van der Waals surface area contributed by atoms with Gasteiger partial charge in [-0.15, -0.1) is 12.4 Å². The van der Waals surface area contributed by atoms with E-state index in [1.807, 2.05) is 23.1 Å². The summed E-state index contributed by atoms with van der Waals surface area (Å²) in [5, 5.41) is 3.41. The third kappa shape index (κ3) is 5.03. The topological polar surface area (TPSA) is 45.2 Å². The Balaban J connectivity index is 0.00000225. The number of halogens is 1. The summed E-state index contributed by atoms with van der Waals surface area (Å²) in [5.41, 5.74) is 3.52. The largest absolute Gasteiger partial charge is 0.333 e. The molecule has 25 heavy (non-hydrogen) atoms. The van der Waals surface area contributed by atoms with E-state index in [1.165, 1.54) is 11.1 Å². The first-order valence-corrected chi connectivity index (χ1v) is 8.77. The summed E-state index contributed by atoms with van der Waals surface area (Å²) in [6, 6.07) is 14.6. The number of pyridine rings is 1. The van der Waals surface area contributed by atoms with Crippen LogP contribution in [0.4, 0.5) is 0 Å². The molecule has 134 valence electrons. The quantitative estimate of drug-likeness (QED) is 0.891. The van der Waals surface area contributed by atoms with Gasteiger partial charge in [0.2, 0.25) is 5.91 Å². The van der Waals surface area contributed by atoms with Crippen LogP contribution in [0.2, 0.25) is 0 Å². The van der Waals surface area contributed by atoms with Gasteiger partial charge in [0.25, 0.3) is 0 Å². The van der Waals surface area contributed by atoms with Crippen LogP contribution < -0.4 is 5.32 Å². The minimum absolute atomic E-state index is 0. The average Bonchev–Trinajstić information content (AvgIpc) is 2.67. The lowest BCUT2D eigenvalue weighted by Gasteiger charge is -2.36. The molecule has 2 heterocycles. The Morgan fingerprint density at radius 3 is 2.72 bits per heavy atom. The van der Waals surface area contributed by atoms with E-state index < -0.39 is 0 Å². The predicted molar refractivity (Wildman–Crippen MR) is 103 cm³/mol. The molecule has 1 unspecified atom stereocenters. The molecule has 1 N–H and O–H groups in total. The molecular weight excluding hydrogens is 334 g/mol. The first kappa shape index (κ1) is 19.4. The van der Waals surface area contributed by atoms with Crippen LogP contribution in [0.5, 0.6) is 0 Å². The van der Waals surface area contributed by atoms with Crippen molar-refractivity contribution in [3.05, 3.63) is 65.5 Å². The molecule has 1 atom stereocenters. The lowest BCUT2D eigenvalue weighted by Crippen LogP contribution is -2.48. The summed E-state index contributed by atoms with van der Waals surface area (Å²) in [5.74, 6) is 0.215. The maximum absolute atomic E-state index is 12.7. The minimum Gasteiger partial charge on any atom is -0.333 e. The summed E-state index contributed by atoms with van der Waals surface area (Å²) in [6.07, 6.45) is 4.03. The highest BCUT2D eigenvalue weighted by molar-refractivity contribution is 5.85. The van der Waals surface area contributed by atoms with E-state index in [1.54, 1.807) is 6.20 Å². The fourth-order valence-electron chi connectivity index (χ4n) is 3.20. The van der Waals surface area contributed by atoms with Crippen LogP contribution >= 0.6 is 12.4 Å². The van der Waals surface area contributed by atoms with E-state index in [0.717, 1.165) is 31.7 Å². The van der Waals surface area contributed by atoms with E-state index in [2.05, 4.69) is 41.5 Å². The molecule has 0 aliphatic carbocycles. The molecule has 0 spiro atoms. The number of carbonyl (C=O) groups excluding carboxylic acids is 1. The van der Waals surface area contributed by atoms with Gasteiger partial charge in [-0.05, 0) is 36.1 Å². The standard InChI is InChI=1S/C20H25N3O.ClH/c1-2-16-6-8-17(9-7-16)19-15-21-13-14-23(19)20(24)11-10-18-5-3-4-12-22-18;/h3-9,12,19,21H,2,10-11,13-15H2,1H3;1H. The number of benzene rings is 1. The van der Waals surface area contributed by atoms with Gasteiger partial charge in [-0.25, -0.2) is 0 Å². The van der Waals surface area contributed by atoms with E-state index in [-0.39, 0.29) is 24.4 Å². The normalized spacial score (nSPS) is 17.0. The summed E-state index contributed by atoms with van der Waals surface area (Å²) >= 11 is 0. The monoisotopic (exact) mass is 359 g/mol. The molecule has 1 aromatic carbocycles. The van der Waals surface area contributed by atoms with E-state index >= 15 is 0 Å². The second-order valence-electron chi connectivity index (χ2n) is 6.22. The number of nitrogens with one attached hydrogen (secondary N) is 1. The van der Waals surface area contributed by atoms with Crippen molar-refractivity contribution in [1.29, 1.82) is 0 Å². The lowest BCUT2D eigenvalue weighted by molar-refractivity contribution is -0.134. The maximum atomic E-state index is 12.7. The van der Waals surface area contributed by atoms with Crippen LogP contribution in [0.1, 0.15) is 36.2 Å². The zero-order chi connectivity index (χ0) is 16.8.